The Hall–Kier alpha value is -0.160. The highest BCUT2D eigenvalue weighted by atomic mass is 16.5. The van der Waals surface area contributed by atoms with Crippen LogP contribution in [0.4, 0.5) is 0 Å². The quantitative estimate of drug-likeness (QED) is 0.612. The van der Waals surface area contributed by atoms with Gasteiger partial charge in [0.2, 0.25) is 0 Å². The Labute approximate surface area is 111 Å². The van der Waals surface area contributed by atoms with Crippen molar-refractivity contribution in [3.05, 3.63) is 0 Å². The molecule has 0 saturated carbocycles. The third kappa shape index (κ3) is 6.69. The number of aliphatic hydroxyl groups is 2. The van der Waals surface area contributed by atoms with Gasteiger partial charge < -0.3 is 19.8 Å². The maximum absolute atomic E-state index is 9.90. The van der Waals surface area contributed by atoms with Crippen LogP contribution in [-0.2, 0) is 4.74 Å². The summed E-state index contributed by atoms with van der Waals surface area (Å²) in [6.45, 7) is 6.38. The van der Waals surface area contributed by atoms with Crippen LogP contribution in [0.15, 0.2) is 0 Å². The van der Waals surface area contributed by atoms with Gasteiger partial charge in [-0.15, -0.1) is 0 Å². The van der Waals surface area contributed by atoms with E-state index in [-0.39, 0.29) is 12.7 Å². The zero-order chi connectivity index (χ0) is 13.2. The molecule has 1 heterocycles. The van der Waals surface area contributed by atoms with Gasteiger partial charge in [0.15, 0.2) is 0 Å². The van der Waals surface area contributed by atoms with Gasteiger partial charge in [-0.2, -0.15) is 0 Å². The molecule has 1 saturated heterocycles. The van der Waals surface area contributed by atoms with Crippen LogP contribution in [0.2, 0.25) is 0 Å². The van der Waals surface area contributed by atoms with E-state index < -0.39 is 0 Å². The largest absolute Gasteiger partial charge is 0.396 e. The lowest BCUT2D eigenvalue weighted by Gasteiger charge is -2.33. The predicted molar refractivity (Wildman–Crippen MR) is 72.6 cm³/mol. The van der Waals surface area contributed by atoms with E-state index in [2.05, 4.69) is 11.8 Å². The molecule has 0 spiro atoms. The summed E-state index contributed by atoms with van der Waals surface area (Å²) in [5.74, 6) is 0.594. The second kappa shape index (κ2) is 9.73. The number of nitrogens with zero attached hydrogens (tertiary/aromatic N) is 1. The van der Waals surface area contributed by atoms with Gasteiger partial charge in [-0.05, 0) is 38.1 Å². The lowest BCUT2D eigenvalue weighted by Crippen LogP contribution is -2.41. The predicted octanol–water partition coefficient (Wildman–Crippen LogP) is 1.26. The molecule has 108 valence electrons. The van der Waals surface area contributed by atoms with Gasteiger partial charge in [0, 0.05) is 26.3 Å². The Morgan fingerprint density at radius 1 is 1.44 bits per heavy atom. The molecular formula is C14H29NO3. The molecule has 0 bridgehead atoms. The third-order valence-corrected chi connectivity index (χ3v) is 3.56. The highest BCUT2D eigenvalue weighted by Crippen LogP contribution is 2.19. The Kier molecular flexibility index (Phi) is 8.59. The summed E-state index contributed by atoms with van der Waals surface area (Å²) in [6, 6.07) is 0. The molecule has 1 rings (SSSR count). The van der Waals surface area contributed by atoms with Crippen molar-refractivity contribution >= 4 is 0 Å². The molecule has 0 aromatic heterocycles. The second-order valence-electron chi connectivity index (χ2n) is 5.36. The maximum atomic E-state index is 9.90. The van der Waals surface area contributed by atoms with Gasteiger partial charge in [-0.3, -0.25) is 0 Å². The summed E-state index contributed by atoms with van der Waals surface area (Å²) in [7, 11) is 0. The summed E-state index contributed by atoms with van der Waals surface area (Å²) in [4.78, 5) is 2.30. The minimum Gasteiger partial charge on any atom is -0.396 e. The molecule has 1 aliphatic rings. The Morgan fingerprint density at radius 3 is 3.00 bits per heavy atom. The van der Waals surface area contributed by atoms with Gasteiger partial charge >= 0.3 is 0 Å². The Morgan fingerprint density at radius 2 is 2.28 bits per heavy atom. The van der Waals surface area contributed by atoms with E-state index in [1.54, 1.807) is 0 Å². The van der Waals surface area contributed by atoms with Crippen molar-refractivity contribution in [3.63, 3.8) is 0 Å². The zero-order valence-electron chi connectivity index (χ0n) is 11.7. The first-order valence-corrected chi connectivity index (χ1v) is 7.35. The molecule has 4 heteroatoms. The van der Waals surface area contributed by atoms with E-state index in [9.17, 15) is 5.11 Å². The van der Waals surface area contributed by atoms with E-state index in [1.165, 1.54) is 12.8 Å². The molecule has 0 amide bonds. The molecule has 0 aromatic rings. The number of ether oxygens (including phenoxy) is 1. The van der Waals surface area contributed by atoms with Crippen molar-refractivity contribution in [2.75, 3.05) is 39.5 Å². The Balaban J connectivity index is 2.12. The van der Waals surface area contributed by atoms with Crippen molar-refractivity contribution in [1.29, 1.82) is 0 Å². The first kappa shape index (κ1) is 15.9. The molecule has 4 nitrogen and oxygen atoms in total. The normalized spacial score (nSPS) is 23.2. The highest BCUT2D eigenvalue weighted by molar-refractivity contribution is 4.74. The van der Waals surface area contributed by atoms with Crippen LogP contribution in [-0.4, -0.2) is 60.7 Å². The van der Waals surface area contributed by atoms with Crippen LogP contribution in [0.5, 0.6) is 0 Å². The van der Waals surface area contributed by atoms with Crippen LogP contribution in [0, 0.1) is 5.92 Å². The monoisotopic (exact) mass is 259 g/mol. The van der Waals surface area contributed by atoms with E-state index in [4.69, 9.17) is 9.84 Å². The number of rotatable bonds is 9. The fourth-order valence-corrected chi connectivity index (χ4v) is 2.55. The van der Waals surface area contributed by atoms with Gasteiger partial charge in [-0.1, -0.05) is 13.3 Å². The van der Waals surface area contributed by atoms with Crippen molar-refractivity contribution in [3.8, 4) is 0 Å². The topological polar surface area (TPSA) is 52.9 Å². The maximum Gasteiger partial charge on any atom is 0.0900 e. The minimum absolute atomic E-state index is 0.279. The zero-order valence-corrected chi connectivity index (χ0v) is 11.7. The molecule has 0 radical (unpaired) electrons. The number of β-amino-alcohol motifs (C(OH)–C–C–N with tert-alkyl or cyclic N) is 1. The highest BCUT2D eigenvalue weighted by Gasteiger charge is 2.21. The van der Waals surface area contributed by atoms with Gasteiger partial charge in [0.25, 0.3) is 0 Å². The molecular weight excluding hydrogens is 230 g/mol. The Bertz CT molecular complexity index is 199. The van der Waals surface area contributed by atoms with Gasteiger partial charge in [-0.25, -0.2) is 0 Å². The van der Waals surface area contributed by atoms with Gasteiger partial charge in [0.05, 0.1) is 12.7 Å². The number of piperidine rings is 1. The number of unbranched alkanes of at least 4 members (excludes halogenated alkanes) is 1. The fraction of sp³-hybridized carbons (Fsp3) is 1.00. The van der Waals surface area contributed by atoms with E-state index in [1.807, 2.05) is 0 Å². The van der Waals surface area contributed by atoms with E-state index >= 15 is 0 Å². The molecule has 0 aromatic carbocycles. The molecule has 0 aliphatic carbocycles. The first-order valence-electron chi connectivity index (χ1n) is 7.35. The summed E-state index contributed by atoms with van der Waals surface area (Å²) >= 11 is 0. The van der Waals surface area contributed by atoms with E-state index in [0.29, 0.717) is 19.1 Å². The first-order chi connectivity index (χ1) is 8.76. The number of aliphatic hydroxyl groups excluding tert-OH is 2. The van der Waals surface area contributed by atoms with E-state index in [0.717, 1.165) is 39.0 Å². The number of hydrogen-bond acceptors (Lipinski definition) is 4. The van der Waals surface area contributed by atoms with Gasteiger partial charge in [0.1, 0.15) is 0 Å². The van der Waals surface area contributed by atoms with Crippen molar-refractivity contribution in [2.45, 2.75) is 45.1 Å². The molecule has 2 atom stereocenters. The van der Waals surface area contributed by atoms with Crippen LogP contribution in [0.25, 0.3) is 0 Å². The average Bonchev–Trinajstić information content (AvgIpc) is 2.35. The molecule has 2 N–H and O–H groups in total. The van der Waals surface area contributed by atoms with Crippen molar-refractivity contribution < 1.29 is 14.9 Å². The number of hydrogen-bond donors (Lipinski definition) is 2. The van der Waals surface area contributed by atoms with Crippen LogP contribution >= 0.6 is 0 Å². The average molecular weight is 259 g/mol. The standard InChI is InChI=1S/C14H29NO3/c1-2-3-9-18-12-14(17)11-15-7-4-5-13(10-15)6-8-16/h13-14,16-17H,2-12H2,1H3. The molecule has 1 aliphatic heterocycles. The molecule has 18 heavy (non-hydrogen) atoms. The van der Waals surface area contributed by atoms with Crippen LogP contribution < -0.4 is 0 Å². The lowest BCUT2D eigenvalue weighted by molar-refractivity contribution is 0.00719. The summed E-state index contributed by atoms with van der Waals surface area (Å²) < 4.78 is 5.44. The minimum atomic E-state index is -0.380. The third-order valence-electron chi connectivity index (χ3n) is 3.56. The summed E-state index contributed by atoms with van der Waals surface area (Å²) in [6.07, 6.45) is 5.09. The van der Waals surface area contributed by atoms with Crippen LogP contribution in [0.3, 0.4) is 0 Å². The SMILES string of the molecule is CCCCOCC(O)CN1CCCC(CCO)C1. The fourth-order valence-electron chi connectivity index (χ4n) is 2.55. The molecule has 1 fully saturated rings. The summed E-state index contributed by atoms with van der Waals surface area (Å²) in [5.41, 5.74) is 0. The van der Waals surface area contributed by atoms with Crippen LogP contribution in [0.1, 0.15) is 39.0 Å². The number of likely N-dealkylation sites (tertiary alicyclic amines) is 1. The van der Waals surface area contributed by atoms with Crippen molar-refractivity contribution in [2.24, 2.45) is 5.92 Å². The molecule has 2 unspecified atom stereocenters. The second-order valence-corrected chi connectivity index (χ2v) is 5.36. The van der Waals surface area contributed by atoms with Crippen molar-refractivity contribution in [1.82, 2.24) is 4.90 Å². The summed E-state index contributed by atoms with van der Waals surface area (Å²) in [5, 5.41) is 18.9. The lowest BCUT2D eigenvalue weighted by atomic mass is 9.95. The smallest absolute Gasteiger partial charge is 0.0900 e.